The number of para-hydroxylation sites is 1. The molecule has 3 aromatic carbocycles. The smallest absolute Gasteiger partial charge is 0.260 e. The number of furan rings is 1. The highest BCUT2D eigenvalue weighted by molar-refractivity contribution is 6.31. The standard InChI is InChI=1S/C26H17N3O3/c27-12-11-16-5-8-19(9-6-16)28-15-22-21-13-18(7-10-20(21)25(30)29-26(22)31)24-14-17-3-1-2-4-23(17)32-24/h1-10,13-15,28H,11H2,(H,29,30,31). The van der Waals surface area contributed by atoms with E-state index in [0.29, 0.717) is 28.9 Å². The van der Waals surface area contributed by atoms with Crippen LogP contribution in [-0.4, -0.2) is 11.8 Å². The molecule has 1 aliphatic rings. The number of nitrogens with one attached hydrogen (secondary N) is 2. The van der Waals surface area contributed by atoms with Gasteiger partial charge in [-0.15, -0.1) is 0 Å². The third kappa shape index (κ3) is 3.53. The van der Waals surface area contributed by atoms with Gasteiger partial charge < -0.3 is 9.73 Å². The SMILES string of the molecule is N#CCc1ccc(NC=C2C(=O)NC(=O)c3ccc(-c4cc5ccccc5o4)cc32)cc1. The summed E-state index contributed by atoms with van der Waals surface area (Å²) in [6, 6.07) is 24.4. The fraction of sp³-hybridized carbons (Fsp3) is 0.0385. The Morgan fingerprint density at radius 3 is 2.53 bits per heavy atom. The predicted molar refractivity (Wildman–Crippen MR) is 121 cm³/mol. The Balaban J connectivity index is 1.52. The average Bonchev–Trinajstić information content (AvgIpc) is 3.24. The van der Waals surface area contributed by atoms with Gasteiger partial charge in [-0.2, -0.15) is 5.26 Å². The maximum atomic E-state index is 12.6. The van der Waals surface area contributed by atoms with E-state index in [0.717, 1.165) is 27.8 Å². The highest BCUT2D eigenvalue weighted by Gasteiger charge is 2.28. The van der Waals surface area contributed by atoms with Crippen LogP contribution in [0.1, 0.15) is 21.5 Å². The lowest BCUT2D eigenvalue weighted by Crippen LogP contribution is -2.36. The Labute approximate surface area is 183 Å². The Morgan fingerprint density at radius 2 is 1.75 bits per heavy atom. The second-order valence-electron chi connectivity index (χ2n) is 7.43. The number of fused-ring (bicyclic) bond motifs is 2. The summed E-state index contributed by atoms with van der Waals surface area (Å²) in [4.78, 5) is 25.0. The average molecular weight is 419 g/mol. The van der Waals surface area contributed by atoms with Gasteiger partial charge >= 0.3 is 0 Å². The number of carbonyl (C=O) groups is 2. The number of nitriles is 1. The van der Waals surface area contributed by atoms with Crippen molar-refractivity contribution in [2.75, 3.05) is 5.32 Å². The monoisotopic (exact) mass is 419 g/mol. The number of anilines is 1. The van der Waals surface area contributed by atoms with Crippen molar-refractivity contribution in [2.24, 2.45) is 0 Å². The number of amides is 2. The van der Waals surface area contributed by atoms with E-state index in [2.05, 4.69) is 16.7 Å². The van der Waals surface area contributed by atoms with Crippen LogP contribution in [0.4, 0.5) is 5.69 Å². The summed E-state index contributed by atoms with van der Waals surface area (Å²) in [6.45, 7) is 0. The molecule has 2 N–H and O–H groups in total. The molecule has 32 heavy (non-hydrogen) atoms. The van der Waals surface area contributed by atoms with Crippen LogP contribution < -0.4 is 10.6 Å². The van der Waals surface area contributed by atoms with Crippen LogP contribution >= 0.6 is 0 Å². The third-order valence-corrected chi connectivity index (χ3v) is 5.36. The lowest BCUT2D eigenvalue weighted by atomic mass is 9.93. The number of hydrogen-bond acceptors (Lipinski definition) is 5. The van der Waals surface area contributed by atoms with E-state index in [1.165, 1.54) is 0 Å². The normalized spacial score (nSPS) is 14.2. The Bertz CT molecular complexity index is 1410. The molecule has 6 nitrogen and oxygen atoms in total. The van der Waals surface area contributed by atoms with Gasteiger partial charge in [0.15, 0.2) is 0 Å². The van der Waals surface area contributed by atoms with E-state index in [1.807, 2.05) is 60.7 Å². The fourth-order valence-electron chi connectivity index (χ4n) is 3.71. The first-order valence-electron chi connectivity index (χ1n) is 10.0. The second-order valence-corrected chi connectivity index (χ2v) is 7.43. The summed E-state index contributed by atoms with van der Waals surface area (Å²) in [5.74, 6) is -0.246. The maximum Gasteiger partial charge on any atom is 0.260 e. The van der Waals surface area contributed by atoms with Crippen molar-refractivity contribution >= 4 is 34.0 Å². The zero-order valence-corrected chi connectivity index (χ0v) is 16.9. The molecule has 0 saturated heterocycles. The van der Waals surface area contributed by atoms with Crippen LogP contribution in [0.3, 0.4) is 0 Å². The predicted octanol–water partition coefficient (Wildman–Crippen LogP) is 4.89. The molecular formula is C26H17N3O3. The topological polar surface area (TPSA) is 95.1 Å². The first-order chi connectivity index (χ1) is 15.6. The molecule has 6 heteroatoms. The van der Waals surface area contributed by atoms with Crippen LogP contribution in [0, 0.1) is 11.3 Å². The number of hydrogen-bond donors (Lipinski definition) is 2. The number of rotatable bonds is 4. The van der Waals surface area contributed by atoms with Crippen molar-refractivity contribution in [3.05, 3.63) is 95.7 Å². The molecule has 0 radical (unpaired) electrons. The summed E-state index contributed by atoms with van der Waals surface area (Å²) in [5.41, 5.74) is 4.51. The minimum absolute atomic E-state index is 0.337. The van der Waals surface area contributed by atoms with Crippen LogP contribution in [-0.2, 0) is 11.2 Å². The van der Waals surface area contributed by atoms with Crippen molar-refractivity contribution in [1.82, 2.24) is 5.32 Å². The quantitative estimate of drug-likeness (QED) is 0.363. The number of benzene rings is 3. The van der Waals surface area contributed by atoms with E-state index < -0.39 is 11.8 Å². The highest BCUT2D eigenvalue weighted by Crippen LogP contribution is 2.32. The number of imide groups is 1. The zero-order valence-electron chi connectivity index (χ0n) is 16.9. The second kappa shape index (κ2) is 7.89. The van der Waals surface area contributed by atoms with Gasteiger partial charge in [0.1, 0.15) is 11.3 Å². The van der Waals surface area contributed by atoms with E-state index in [4.69, 9.17) is 9.68 Å². The maximum absolute atomic E-state index is 12.6. The van der Waals surface area contributed by atoms with Crippen LogP contribution in [0.15, 0.2) is 83.4 Å². The van der Waals surface area contributed by atoms with Crippen molar-refractivity contribution in [2.45, 2.75) is 6.42 Å². The molecule has 154 valence electrons. The van der Waals surface area contributed by atoms with E-state index in [-0.39, 0.29) is 0 Å². The molecule has 0 spiro atoms. The lowest BCUT2D eigenvalue weighted by Gasteiger charge is -2.19. The fourth-order valence-corrected chi connectivity index (χ4v) is 3.71. The zero-order chi connectivity index (χ0) is 22.1. The van der Waals surface area contributed by atoms with Gasteiger partial charge in [-0.3, -0.25) is 14.9 Å². The van der Waals surface area contributed by atoms with Crippen molar-refractivity contribution in [3.8, 4) is 17.4 Å². The number of nitrogens with zero attached hydrogens (tertiary/aromatic N) is 1. The molecule has 0 bridgehead atoms. The molecule has 0 saturated carbocycles. The Morgan fingerprint density at radius 1 is 0.938 bits per heavy atom. The molecule has 0 atom stereocenters. The van der Waals surface area contributed by atoms with Gasteiger partial charge in [0.2, 0.25) is 0 Å². The molecule has 0 aliphatic carbocycles. The lowest BCUT2D eigenvalue weighted by molar-refractivity contribution is -0.114. The highest BCUT2D eigenvalue weighted by atomic mass is 16.3. The van der Waals surface area contributed by atoms with E-state index in [1.54, 1.807) is 18.3 Å². The number of carbonyl (C=O) groups excluding carboxylic acids is 2. The molecular weight excluding hydrogens is 402 g/mol. The van der Waals surface area contributed by atoms with Gasteiger partial charge in [-0.25, -0.2) is 0 Å². The van der Waals surface area contributed by atoms with Crippen molar-refractivity contribution in [3.63, 3.8) is 0 Å². The minimum atomic E-state index is -0.474. The van der Waals surface area contributed by atoms with Gasteiger partial charge in [0.05, 0.1) is 18.1 Å². The van der Waals surface area contributed by atoms with E-state index in [9.17, 15) is 9.59 Å². The first-order valence-corrected chi connectivity index (χ1v) is 10.0. The molecule has 5 rings (SSSR count). The molecule has 1 aliphatic heterocycles. The summed E-state index contributed by atoms with van der Waals surface area (Å²) >= 11 is 0. The van der Waals surface area contributed by atoms with Gasteiger partial charge in [0, 0.05) is 34.0 Å². The van der Waals surface area contributed by atoms with Crippen LogP contribution in [0.25, 0.3) is 27.9 Å². The van der Waals surface area contributed by atoms with Gasteiger partial charge in [-0.05, 0) is 42.0 Å². The van der Waals surface area contributed by atoms with Crippen LogP contribution in [0.5, 0.6) is 0 Å². The van der Waals surface area contributed by atoms with Gasteiger partial charge in [0.25, 0.3) is 11.8 Å². The summed E-state index contributed by atoms with van der Waals surface area (Å²) in [6.07, 6.45) is 1.92. The summed E-state index contributed by atoms with van der Waals surface area (Å²) in [5, 5.41) is 15.3. The Hall–Kier alpha value is -4.63. The Kier molecular flexibility index (Phi) is 4.77. The van der Waals surface area contributed by atoms with E-state index >= 15 is 0 Å². The van der Waals surface area contributed by atoms with Crippen molar-refractivity contribution < 1.29 is 14.0 Å². The largest absolute Gasteiger partial charge is 0.456 e. The van der Waals surface area contributed by atoms with Gasteiger partial charge in [-0.1, -0.05) is 36.4 Å². The molecule has 0 fully saturated rings. The molecule has 0 unspecified atom stereocenters. The molecule has 2 amide bonds. The van der Waals surface area contributed by atoms with Crippen LogP contribution in [0.2, 0.25) is 0 Å². The first kappa shape index (κ1) is 19.3. The molecule has 1 aromatic heterocycles. The minimum Gasteiger partial charge on any atom is -0.456 e. The molecule has 4 aromatic rings. The summed E-state index contributed by atoms with van der Waals surface area (Å²) < 4.78 is 5.95. The summed E-state index contributed by atoms with van der Waals surface area (Å²) in [7, 11) is 0. The van der Waals surface area contributed by atoms with Crippen molar-refractivity contribution in [1.29, 1.82) is 5.26 Å². The molecule has 2 heterocycles. The third-order valence-electron chi connectivity index (χ3n) is 5.36.